The summed E-state index contributed by atoms with van der Waals surface area (Å²) < 4.78 is 18.6. The van der Waals surface area contributed by atoms with E-state index < -0.39 is 0 Å². The van der Waals surface area contributed by atoms with Crippen molar-refractivity contribution in [1.82, 2.24) is 10.2 Å². The Kier molecular flexibility index (Phi) is 4.01. The number of nitrogens with zero attached hydrogens (tertiary/aromatic N) is 2. The molecule has 0 aliphatic heterocycles. The minimum absolute atomic E-state index is 0.288. The number of rotatable bonds is 4. The van der Waals surface area contributed by atoms with Crippen LogP contribution in [0.15, 0.2) is 76.4 Å². The molecule has 0 amide bonds. The van der Waals surface area contributed by atoms with Gasteiger partial charge in [0.15, 0.2) is 0 Å². The Labute approximate surface area is 142 Å². The molecule has 0 unspecified atom stereocenters. The van der Waals surface area contributed by atoms with Gasteiger partial charge in [-0.2, -0.15) is 0 Å². The molecule has 0 fully saturated rings. The third-order valence-corrected chi connectivity index (χ3v) is 4.60. The van der Waals surface area contributed by atoms with Gasteiger partial charge in [0.25, 0.3) is 5.22 Å². The van der Waals surface area contributed by atoms with Gasteiger partial charge in [0.05, 0.1) is 0 Å². The number of benzene rings is 3. The standard InChI is InChI=1S/C19H13FN2OS/c20-16-10-8-14(9-11-16)18-21-22-19(23-18)24-12-15-6-3-5-13-4-1-2-7-17(13)15/h1-11H,12H2. The highest BCUT2D eigenvalue weighted by atomic mass is 32.2. The average molecular weight is 336 g/mol. The van der Waals surface area contributed by atoms with Gasteiger partial charge in [-0.15, -0.1) is 10.2 Å². The van der Waals surface area contributed by atoms with Crippen molar-refractivity contribution < 1.29 is 8.81 Å². The zero-order valence-electron chi connectivity index (χ0n) is 12.6. The molecule has 4 rings (SSSR count). The van der Waals surface area contributed by atoms with Crippen LogP contribution in [0, 0.1) is 5.82 Å². The van der Waals surface area contributed by atoms with E-state index in [0.29, 0.717) is 16.7 Å². The van der Waals surface area contributed by atoms with Gasteiger partial charge in [-0.1, -0.05) is 54.2 Å². The summed E-state index contributed by atoms with van der Waals surface area (Å²) in [6, 6.07) is 20.5. The van der Waals surface area contributed by atoms with Crippen LogP contribution >= 0.6 is 11.8 Å². The minimum atomic E-state index is -0.288. The molecule has 4 aromatic rings. The number of fused-ring (bicyclic) bond motifs is 1. The van der Waals surface area contributed by atoms with Crippen LogP contribution in [0.25, 0.3) is 22.2 Å². The first-order chi connectivity index (χ1) is 11.8. The van der Waals surface area contributed by atoms with Crippen LogP contribution < -0.4 is 0 Å². The predicted molar refractivity (Wildman–Crippen MR) is 93.2 cm³/mol. The van der Waals surface area contributed by atoms with E-state index in [1.807, 2.05) is 12.1 Å². The van der Waals surface area contributed by atoms with E-state index in [1.54, 1.807) is 12.1 Å². The summed E-state index contributed by atoms with van der Waals surface area (Å²) in [5.41, 5.74) is 1.93. The minimum Gasteiger partial charge on any atom is -0.411 e. The van der Waals surface area contributed by atoms with Crippen LogP contribution in [0.5, 0.6) is 0 Å². The molecule has 3 aromatic carbocycles. The first kappa shape index (κ1) is 14.9. The zero-order chi connectivity index (χ0) is 16.4. The monoisotopic (exact) mass is 336 g/mol. The van der Waals surface area contributed by atoms with E-state index in [9.17, 15) is 4.39 Å². The molecule has 0 bridgehead atoms. The molecule has 0 N–H and O–H groups in total. The third kappa shape index (κ3) is 3.03. The molecule has 0 aliphatic carbocycles. The van der Waals surface area contributed by atoms with E-state index in [4.69, 9.17) is 4.42 Å². The van der Waals surface area contributed by atoms with E-state index in [1.165, 1.54) is 40.2 Å². The second-order valence-electron chi connectivity index (χ2n) is 5.31. The summed E-state index contributed by atoms with van der Waals surface area (Å²) in [5, 5.41) is 11.0. The molecule has 0 atom stereocenters. The highest BCUT2D eigenvalue weighted by Crippen LogP contribution is 2.28. The van der Waals surface area contributed by atoms with Crippen LogP contribution in [0.3, 0.4) is 0 Å². The summed E-state index contributed by atoms with van der Waals surface area (Å²) >= 11 is 1.49. The Morgan fingerprint density at radius 3 is 2.54 bits per heavy atom. The lowest BCUT2D eigenvalue weighted by atomic mass is 10.1. The summed E-state index contributed by atoms with van der Waals surface area (Å²) in [6.45, 7) is 0. The highest BCUT2D eigenvalue weighted by Gasteiger charge is 2.10. The molecule has 118 valence electrons. The summed E-state index contributed by atoms with van der Waals surface area (Å²) in [6.07, 6.45) is 0. The number of halogens is 1. The zero-order valence-corrected chi connectivity index (χ0v) is 13.5. The maximum Gasteiger partial charge on any atom is 0.277 e. The van der Waals surface area contributed by atoms with Crippen molar-refractivity contribution in [2.75, 3.05) is 0 Å². The van der Waals surface area contributed by atoms with Crippen molar-refractivity contribution in [1.29, 1.82) is 0 Å². The van der Waals surface area contributed by atoms with E-state index >= 15 is 0 Å². The molecule has 0 saturated heterocycles. The van der Waals surface area contributed by atoms with Crippen molar-refractivity contribution in [3.05, 3.63) is 78.1 Å². The van der Waals surface area contributed by atoms with Gasteiger partial charge in [-0.3, -0.25) is 0 Å². The van der Waals surface area contributed by atoms with Gasteiger partial charge in [0.1, 0.15) is 5.82 Å². The largest absolute Gasteiger partial charge is 0.411 e. The van der Waals surface area contributed by atoms with Gasteiger partial charge in [0.2, 0.25) is 5.89 Å². The topological polar surface area (TPSA) is 38.9 Å². The van der Waals surface area contributed by atoms with Crippen LogP contribution in [-0.2, 0) is 5.75 Å². The fourth-order valence-electron chi connectivity index (χ4n) is 2.54. The molecule has 1 aromatic heterocycles. The first-order valence-corrected chi connectivity index (χ1v) is 8.47. The Hall–Kier alpha value is -2.66. The Bertz CT molecular complexity index is 977. The van der Waals surface area contributed by atoms with E-state index in [2.05, 4.69) is 40.5 Å². The summed E-state index contributed by atoms with van der Waals surface area (Å²) in [4.78, 5) is 0. The predicted octanol–water partition coefficient (Wildman–Crippen LogP) is 5.32. The fraction of sp³-hybridized carbons (Fsp3) is 0.0526. The number of aromatic nitrogens is 2. The highest BCUT2D eigenvalue weighted by molar-refractivity contribution is 7.98. The van der Waals surface area contributed by atoms with Gasteiger partial charge in [-0.05, 0) is 40.6 Å². The Balaban J connectivity index is 1.53. The molecule has 0 saturated carbocycles. The summed E-state index contributed by atoms with van der Waals surface area (Å²) in [7, 11) is 0. The van der Waals surface area contributed by atoms with E-state index in [-0.39, 0.29) is 5.82 Å². The van der Waals surface area contributed by atoms with E-state index in [0.717, 1.165) is 5.75 Å². The molecule has 0 radical (unpaired) electrons. The average Bonchev–Trinajstić information content (AvgIpc) is 3.09. The maximum atomic E-state index is 13.0. The number of hydrogen-bond donors (Lipinski definition) is 0. The van der Waals surface area contributed by atoms with Crippen LogP contribution in [0.1, 0.15) is 5.56 Å². The Morgan fingerprint density at radius 1 is 0.875 bits per heavy atom. The van der Waals surface area contributed by atoms with Gasteiger partial charge in [0, 0.05) is 11.3 Å². The fourth-order valence-corrected chi connectivity index (χ4v) is 3.30. The second kappa shape index (κ2) is 6.45. The van der Waals surface area contributed by atoms with Crippen molar-refractivity contribution in [3.8, 4) is 11.5 Å². The smallest absolute Gasteiger partial charge is 0.277 e. The Morgan fingerprint density at radius 2 is 1.67 bits per heavy atom. The molecule has 0 aliphatic rings. The molecular formula is C19H13FN2OS. The number of hydrogen-bond acceptors (Lipinski definition) is 4. The van der Waals surface area contributed by atoms with Crippen molar-refractivity contribution in [2.24, 2.45) is 0 Å². The summed E-state index contributed by atoms with van der Waals surface area (Å²) in [5.74, 6) is 0.853. The molecular weight excluding hydrogens is 323 g/mol. The lowest BCUT2D eigenvalue weighted by molar-refractivity contribution is 0.466. The van der Waals surface area contributed by atoms with Crippen LogP contribution in [0.2, 0.25) is 0 Å². The van der Waals surface area contributed by atoms with Crippen molar-refractivity contribution in [2.45, 2.75) is 11.0 Å². The van der Waals surface area contributed by atoms with Crippen LogP contribution in [-0.4, -0.2) is 10.2 Å². The normalized spacial score (nSPS) is 11.0. The lowest BCUT2D eigenvalue weighted by Crippen LogP contribution is -1.84. The quantitative estimate of drug-likeness (QED) is 0.473. The lowest BCUT2D eigenvalue weighted by Gasteiger charge is -2.04. The molecule has 3 nitrogen and oxygen atoms in total. The van der Waals surface area contributed by atoms with Gasteiger partial charge >= 0.3 is 0 Å². The third-order valence-electron chi connectivity index (χ3n) is 3.73. The number of thioether (sulfide) groups is 1. The van der Waals surface area contributed by atoms with Gasteiger partial charge in [-0.25, -0.2) is 4.39 Å². The molecule has 1 heterocycles. The molecule has 0 spiro atoms. The maximum absolute atomic E-state index is 13.0. The first-order valence-electron chi connectivity index (χ1n) is 7.48. The SMILES string of the molecule is Fc1ccc(-c2nnc(SCc3cccc4ccccc34)o2)cc1. The molecule has 5 heteroatoms. The van der Waals surface area contributed by atoms with Crippen molar-refractivity contribution >= 4 is 22.5 Å². The van der Waals surface area contributed by atoms with Crippen LogP contribution in [0.4, 0.5) is 4.39 Å². The van der Waals surface area contributed by atoms with Gasteiger partial charge < -0.3 is 4.42 Å². The second-order valence-corrected chi connectivity index (χ2v) is 6.23. The van der Waals surface area contributed by atoms with Crippen molar-refractivity contribution in [3.63, 3.8) is 0 Å². The molecule has 24 heavy (non-hydrogen) atoms.